The number of carbonyl (C=O) groups excluding carboxylic acids is 1. The van der Waals surface area contributed by atoms with Crippen LogP contribution in [0.25, 0.3) is 0 Å². The number of fused-ring (bicyclic) bond motifs is 1. The number of amides is 1. The summed E-state index contributed by atoms with van der Waals surface area (Å²) in [5.41, 5.74) is 3.71. The van der Waals surface area contributed by atoms with Gasteiger partial charge in [-0.1, -0.05) is 30.3 Å². The van der Waals surface area contributed by atoms with Gasteiger partial charge in [0, 0.05) is 43.4 Å². The molecule has 4 rings (SSSR count). The fourth-order valence-electron chi connectivity index (χ4n) is 3.24. The molecular formula is C20H22N6O. The molecule has 27 heavy (non-hydrogen) atoms. The Hall–Kier alpha value is -3.22. The fraction of sp³-hybridized carbons (Fsp3) is 0.300. The van der Waals surface area contributed by atoms with E-state index in [-0.39, 0.29) is 5.91 Å². The highest BCUT2D eigenvalue weighted by atomic mass is 16.1. The summed E-state index contributed by atoms with van der Waals surface area (Å²) in [4.78, 5) is 21.6. The third-order valence-electron chi connectivity index (χ3n) is 4.65. The Kier molecular flexibility index (Phi) is 5.09. The van der Waals surface area contributed by atoms with Crippen LogP contribution in [0.2, 0.25) is 0 Å². The number of carbonyl (C=O) groups is 1. The van der Waals surface area contributed by atoms with Crippen LogP contribution in [-0.4, -0.2) is 39.2 Å². The van der Waals surface area contributed by atoms with E-state index in [9.17, 15) is 4.79 Å². The lowest BCUT2D eigenvalue weighted by Gasteiger charge is -2.20. The number of hydrogen-bond donors (Lipinski definition) is 3. The minimum Gasteiger partial charge on any atom is -0.369 e. The second kappa shape index (κ2) is 7.99. The van der Waals surface area contributed by atoms with Crippen LogP contribution >= 0.6 is 0 Å². The van der Waals surface area contributed by atoms with Crippen molar-refractivity contribution in [2.75, 3.05) is 18.4 Å². The summed E-state index contributed by atoms with van der Waals surface area (Å²) in [6, 6.07) is 12.2. The highest BCUT2D eigenvalue weighted by Gasteiger charge is 2.23. The van der Waals surface area contributed by atoms with E-state index >= 15 is 0 Å². The molecule has 0 aliphatic carbocycles. The van der Waals surface area contributed by atoms with Crippen molar-refractivity contribution in [3.63, 3.8) is 0 Å². The third-order valence-corrected chi connectivity index (χ3v) is 4.65. The summed E-state index contributed by atoms with van der Waals surface area (Å²) in [6.07, 6.45) is 4.83. The highest BCUT2D eigenvalue weighted by Crippen LogP contribution is 2.21. The first kappa shape index (κ1) is 17.2. The molecule has 138 valence electrons. The second-order valence-corrected chi connectivity index (χ2v) is 6.57. The smallest absolute Gasteiger partial charge is 0.270 e. The molecule has 3 heterocycles. The summed E-state index contributed by atoms with van der Waals surface area (Å²) in [5.74, 6) is 1.35. The van der Waals surface area contributed by atoms with Crippen molar-refractivity contribution in [2.45, 2.75) is 25.7 Å². The van der Waals surface area contributed by atoms with Crippen molar-refractivity contribution in [3.8, 4) is 0 Å². The first-order valence-electron chi connectivity index (χ1n) is 9.23. The molecule has 1 aliphatic rings. The number of nitrogens with one attached hydrogen (secondary N) is 3. The van der Waals surface area contributed by atoms with Gasteiger partial charge in [-0.25, -0.2) is 9.97 Å². The Morgan fingerprint density at radius 2 is 1.93 bits per heavy atom. The van der Waals surface area contributed by atoms with Crippen molar-refractivity contribution in [1.82, 2.24) is 25.5 Å². The van der Waals surface area contributed by atoms with Gasteiger partial charge in [-0.15, -0.1) is 0 Å². The third kappa shape index (κ3) is 4.13. The zero-order valence-electron chi connectivity index (χ0n) is 15.0. The quantitative estimate of drug-likeness (QED) is 0.597. The topological polar surface area (TPSA) is 95.6 Å². The number of H-pyrrole nitrogens is 1. The number of aromatic amines is 1. The van der Waals surface area contributed by atoms with Crippen LogP contribution in [0.3, 0.4) is 0 Å². The van der Waals surface area contributed by atoms with Gasteiger partial charge in [0.1, 0.15) is 17.3 Å². The van der Waals surface area contributed by atoms with Crippen LogP contribution in [0.1, 0.15) is 33.1 Å². The maximum atomic E-state index is 12.3. The van der Waals surface area contributed by atoms with Gasteiger partial charge in [-0.2, -0.15) is 5.10 Å². The molecule has 3 aromatic rings. The molecule has 7 heteroatoms. The van der Waals surface area contributed by atoms with E-state index in [1.165, 1.54) is 5.56 Å². The first-order chi connectivity index (χ1) is 13.3. The van der Waals surface area contributed by atoms with E-state index < -0.39 is 0 Å². The molecule has 0 atom stereocenters. The average molecular weight is 362 g/mol. The summed E-state index contributed by atoms with van der Waals surface area (Å²) in [5, 5.41) is 13.2. The SMILES string of the molecule is O=C1NCCc2c(NCCc3ccn[nH]3)nc(CCc3ccccc3)nc21. The van der Waals surface area contributed by atoms with Crippen LogP contribution in [0, 0.1) is 0 Å². The van der Waals surface area contributed by atoms with Crippen molar-refractivity contribution in [3.05, 3.63) is 70.9 Å². The fourth-order valence-corrected chi connectivity index (χ4v) is 3.24. The second-order valence-electron chi connectivity index (χ2n) is 6.57. The summed E-state index contributed by atoms with van der Waals surface area (Å²) < 4.78 is 0. The Labute approximate surface area is 157 Å². The van der Waals surface area contributed by atoms with E-state index in [2.05, 4.69) is 37.9 Å². The van der Waals surface area contributed by atoms with E-state index in [0.717, 1.165) is 36.3 Å². The monoisotopic (exact) mass is 362 g/mol. The molecule has 1 amide bonds. The molecule has 0 saturated carbocycles. The number of aromatic nitrogens is 4. The molecule has 1 aliphatic heterocycles. The number of anilines is 1. The molecule has 0 radical (unpaired) electrons. The van der Waals surface area contributed by atoms with Crippen molar-refractivity contribution in [1.29, 1.82) is 0 Å². The Balaban J connectivity index is 1.52. The molecule has 0 unspecified atom stereocenters. The standard InChI is InChI=1S/C20H22N6O/c27-20-18-16(10-12-22-20)19(21-11-8-15-9-13-23-26-15)25-17(24-18)7-6-14-4-2-1-3-5-14/h1-5,9,13H,6-8,10-12H2,(H,22,27)(H,23,26)(H,21,24,25). The van der Waals surface area contributed by atoms with Crippen LogP contribution in [0.5, 0.6) is 0 Å². The maximum Gasteiger partial charge on any atom is 0.270 e. The number of hydrogen-bond acceptors (Lipinski definition) is 5. The molecule has 0 fully saturated rings. The van der Waals surface area contributed by atoms with Crippen LogP contribution < -0.4 is 10.6 Å². The zero-order chi connectivity index (χ0) is 18.5. The molecule has 0 spiro atoms. The van der Waals surface area contributed by atoms with Crippen LogP contribution in [-0.2, 0) is 25.7 Å². The first-order valence-corrected chi connectivity index (χ1v) is 9.23. The number of aryl methyl sites for hydroxylation is 2. The summed E-state index contributed by atoms with van der Waals surface area (Å²) >= 11 is 0. The van der Waals surface area contributed by atoms with Crippen molar-refractivity contribution < 1.29 is 4.79 Å². The Morgan fingerprint density at radius 1 is 1.04 bits per heavy atom. The van der Waals surface area contributed by atoms with Gasteiger partial charge in [-0.3, -0.25) is 9.89 Å². The van der Waals surface area contributed by atoms with E-state index in [0.29, 0.717) is 31.0 Å². The number of rotatable bonds is 7. The van der Waals surface area contributed by atoms with Gasteiger partial charge in [0.2, 0.25) is 0 Å². The molecule has 0 bridgehead atoms. The van der Waals surface area contributed by atoms with E-state index in [1.54, 1.807) is 6.20 Å². The van der Waals surface area contributed by atoms with E-state index in [1.807, 2.05) is 24.3 Å². The lowest BCUT2D eigenvalue weighted by molar-refractivity contribution is 0.0940. The summed E-state index contributed by atoms with van der Waals surface area (Å²) in [6.45, 7) is 1.33. The summed E-state index contributed by atoms with van der Waals surface area (Å²) in [7, 11) is 0. The predicted molar refractivity (Wildman–Crippen MR) is 103 cm³/mol. The molecule has 3 N–H and O–H groups in total. The minimum atomic E-state index is -0.115. The lowest BCUT2D eigenvalue weighted by Crippen LogP contribution is -2.34. The largest absolute Gasteiger partial charge is 0.369 e. The molecule has 1 aromatic carbocycles. The number of nitrogens with zero attached hydrogens (tertiary/aromatic N) is 3. The van der Waals surface area contributed by atoms with Crippen molar-refractivity contribution in [2.24, 2.45) is 0 Å². The predicted octanol–water partition coefficient (Wildman–Crippen LogP) is 1.93. The van der Waals surface area contributed by atoms with Gasteiger partial charge < -0.3 is 10.6 Å². The lowest BCUT2D eigenvalue weighted by atomic mass is 10.1. The van der Waals surface area contributed by atoms with Crippen LogP contribution in [0.4, 0.5) is 5.82 Å². The van der Waals surface area contributed by atoms with Crippen molar-refractivity contribution >= 4 is 11.7 Å². The normalized spacial score (nSPS) is 13.1. The molecule has 0 saturated heterocycles. The van der Waals surface area contributed by atoms with Gasteiger partial charge in [-0.05, 0) is 24.5 Å². The van der Waals surface area contributed by atoms with Crippen LogP contribution in [0.15, 0.2) is 42.6 Å². The average Bonchev–Trinajstić information content (AvgIpc) is 3.21. The molecular weight excluding hydrogens is 340 g/mol. The number of benzene rings is 1. The van der Waals surface area contributed by atoms with E-state index in [4.69, 9.17) is 4.98 Å². The zero-order valence-corrected chi connectivity index (χ0v) is 15.0. The molecule has 2 aromatic heterocycles. The Morgan fingerprint density at radius 3 is 2.74 bits per heavy atom. The Bertz CT molecular complexity index is 908. The minimum absolute atomic E-state index is 0.115. The maximum absolute atomic E-state index is 12.3. The van der Waals surface area contributed by atoms with Gasteiger partial charge in [0.05, 0.1) is 0 Å². The van der Waals surface area contributed by atoms with Gasteiger partial charge in [0.15, 0.2) is 0 Å². The van der Waals surface area contributed by atoms with Gasteiger partial charge >= 0.3 is 0 Å². The molecule has 7 nitrogen and oxygen atoms in total. The van der Waals surface area contributed by atoms with Gasteiger partial charge in [0.25, 0.3) is 5.91 Å². The highest BCUT2D eigenvalue weighted by molar-refractivity contribution is 5.96.